The fourth-order valence-electron chi connectivity index (χ4n) is 1.93. The quantitative estimate of drug-likeness (QED) is 0.844. The summed E-state index contributed by atoms with van der Waals surface area (Å²) in [7, 11) is 0. The molecule has 0 saturated heterocycles. The molecule has 0 aliphatic carbocycles. The summed E-state index contributed by atoms with van der Waals surface area (Å²) in [6, 6.07) is 17.1. The van der Waals surface area contributed by atoms with Crippen LogP contribution in [0.3, 0.4) is 0 Å². The van der Waals surface area contributed by atoms with E-state index in [4.69, 9.17) is 0 Å². The van der Waals surface area contributed by atoms with Gasteiger partial charge in [-0.15, -0.1) is 0 Å². The average molecular weight is 228 g/mol. The molecule has 0 aromatic heterocycles. The van der Waals surface area contributed by atoms with Crippen LogP contribution in [-0.2, 0) is 6.42 Å². The van der Waals surface area contributed by atoms with E-state index >= 15 is 0 Å². The van der Waals surface area contributed by atoms with E-state index < -0.39 is 0 Å². The van der Waals surface area contributed by atoms with Crippen LogP contribution in [0.5, 0.6) is 5.75 Å². The van der Waals surface area contributed by atoms with E-state index in [1.54, 1.807) is 12.1 Å². The van der Waals surface area contributed by atoms with Gasteiger partial charge in [-0.2, -0.15) is 0 Å². The van der Waals surface area contributed by atoms with Crippen molar-refractivity contribution in [3.63, 3.8) is 0 Å². The van der Waals surface area contributed by atoms with Gasteiger partial charge >= 0.3 is 0 Å². The molecule has 0 aliphatic heterocycles. The van der Waals surface area contributed by atoms with Crippen molar-refractivity contribution in [2.75, 3.05) is 6.61 Å². The zero-order chi connectivity index (χ0) is 12.1. The van der Waals surface area contributed by atoms with E-state index in [9.17, 15) is 10.2 Å². The van der Waals surface area contributed by atoms with Gasteiger partial charge in [0.05, 0.1) is 6.61 Å². The van der Waals surface area contributed by atoms with E-state index in [0.717, 1.165) is 12.0 Å². The van der Waals surface area contributed by atoms with Crippen LogP contribution in [0.4, 0.5) is 0 Å². The van der Waals surface area contributed by atoms with Crippen molar-refractivity contribution < 1.29 is 10.2 Å². The highest BCUT2D eigenvalue weighted by molar-refractivity contribution is 5.30. The Labute approximate surface area is 101 Å². The SMILES string of the molecule is OC[C@@H](Cc1ccccc1)c1ccc(O)cc1. The molecule has 0 radical (unpaired) electrons. The van der Waals surface area contributed by atoms with E-state index in [1.807, 2.05) is 30.3 Å². The van der Waals surface area contributed by atoms with Gasteiger partial charge in [0.25, 0.3) is 0 Å². The number of phenols is 1. The second-order valence-electron chi connectivity index (χ2n) is 4.16. The number of phenolic OH excluding ortho intramolecular Hbond substituents is 1. The third kappa shape index (κ3) is 3.08. The first kappa shape index (κ1) is 11.7. The molecule has 2 N–H and O–H groups in total. The Morgan fingerprint density at radius 3 is 2.12 bits per heavy atom. The van der Waals surface area contributed by atoms with Crippen LogP contribution in [-0.4, -0.2) is 16.8 Å². The van der Waals surface area contributed by atoms with Crippen LogP contribution in [0, 0.1) is 0 Å². The van der Waals surface area contributed by atoms with Gasteiger partial charge in [0.15, 0.2) is 0 Å². The van der Waals surface area contributed by atoms with Crippen molar-refractivity contribution in [3.8, 4) is 5.75 Å². The number of hydrogen-bond acceptors (Lipinski definition) is 2. The Balaban J connectivity index is 2.14. The molecule has 0 aliphatic rings. The summed E-state index contributed by atoms with van der Waals surface area (Å²) in [5, 5.41) is 18.7. The summed E-state index contributed by atoms with van der Waals surface area (Å²) in [5.74, 6) is 0.336. The maximum Gasteiger partial charge on any atom is 0.115 e. The number of benzene rings is 2. The monoisotopic (exact) mass is 228 g/mol. The summed E-state index contributed by atoms with van der Waals surface area (Å²) in [5.41, 5.74) is 2.26. The van der Waals surface area contributed by atoms with Crippen molar-refractivity contribution in [2.24, 2.45) is 0 Å². The summed E-state index contributed by atoms with van der Waals surface area (Å²) in [6.45, 7) is 0.111. The minimum Gasteiger partial charge on any atom is -0.508 e. The number of hydrogen-bond donors (Lipinski definition) is 2. The van der Waals surface area contributed by atoms with Crippen LogP contribution >= 0.6 is 0 Å². The lowest BCUT2D eigenvalue weighted by atomic mass is 9.93. The molecular weight excluding hydrogens is 212 g/mol. The molecule has 1 atom stereocenters. The molecule has 0 spiro atoms. The maximum atomic E-state index is 9.45. The largest absolute Gasteiger partial charge is 0.508 e. The smallest absolute Gasteiger partial charge is 0.115 e. The predicted octanol–water partition coefficient (Wildman–Crippen LogP) is 2.71. The Morgan fingerprint density at radius 2 is 1.53 bits per heavy atom. The molecule has 2 rings (SSSR count). The highest BCUT2D eigenvalue weighted by Gasteiger charge is 2.11. The molecule has 2 aromatic carbocycles. The van der Waals surface area contributed by atoms with E-state index in [2.05, 4.69) is 12.1 Å². The van der Waals surface area contributed by atoms with Gasteiger partial charge in [0.2, 0.25) is 0 Å². The van der Waals surface area contributed by atoms with Crippen LogP contribution in [0.2, 0.25) is 0 Å². The number of aliphatic hydroxyl groups excluding tert-OH is 1. The molecule has 17 heavy (non-hydrogen) atoms. The lowest BCUT2D eigenvalue weighted by Gasteiger charge is -2.14. The normalized spacial score (nSPS) is 12.3. The van der Waals surface area contributed by atoms with E-state index in [1.165, 1.54) is 5.56 Å². The van der Waals surface area contributed by atoms with Crippen molar-refractivity contribution in [3.05, 3.63) is 65.7 Å². The first-order chi connectivity index (χ1) is 8.29. The van der Waals surface area contributed by atoms with Crippen molar-refractivity contribution in [2.45, 2.75) is 12.3 Å². The van der Waals surface area contributed by atoms with Gasteiger partial charge in [0.1, 0.15) is 5.75 Å². The Hall–Kier alpha value is -1.80. The van der Waals surface area contributed by atoms with Crippen LogP contribution in [0.25, 0.3) is 0 Å². The molecule has 0 heterocycles. The molecule has 0 bridgehead atoms. The molecule has 0 fully saturated rings. The summed E-state index contributed by atoms with van der Waals surface area (Å²) >= 11 is 0. The van der Waals surface area contributed by atoms with Crippen LogP contribution in [0.1, 0.15) is 17.0 Å². The second-order valence-corrected chi connectivity index (χ2v) is 4.16. The highest BCUT2D eigenvalue weighted by Crippen LogP contribution is 2.22. The standard InChI is InChI=1S/C15H16O2/c16-11-14(10-12-4-2-1-3-5-12)13-6-8-15(17)9-7-13/h1-9,14,16-17H,10-11H2/t14-/m1/s1. The third-order valence-corrected chi connectivity index (χ3v) is 2.91. The molecular formula is C15H16O2. The van der Waals surface area contributed by atoms with Crippen LogP contribution in [0.15, 0.2) is 54.6 Å². The van der Waals surface area contributed by atoms with Gasteiger partial charge in [-0.3, -0.25) is 0 Å². The Bertz CT molecular complexity index is 448. The molecule has 88 valence electrons. The fourth-order valence-corrected chi connectivity index (χ4v) is 1.93. The van der Waals surface area contributed by atoms with Crippen molar-refractivity contribution in [1.29, 1.82) is 0 Å². The summed E-state index contributed by atoms with van der Waals surface area (Å²) in [6.07, 6.45) is 0.808. The van der Waals surface area contributed by atoms with Crippen molar-refractivity contribution in [1.82, 2.24) is 0 Å². The number of aromatic hydroxyl groups is 1. The lowest BCUT2D eigenvalue weighted by Crippen LogP contribution is -2.07. The minimum atomic E-state index is 0.0815. The average Bonchev–Trinajstić information content (AvgIpc) is 2.38. The molecule has 2 aromatic rings. The predicted molar refractivity (Wildman–Crippen MR) is 68.1 cm³/mol. The van der Waals surface area contributed by atoms with E-state index in [0.29, 0.717) is 0 Å². The first-order valence-electron chi connectivity index (χ1n) is 5.73. The molecule has 0 saturated carbocycles. The number of rotatable bonds is 4. The topological polar surface area (TPSA) is 40.5 Å². The van der Waals surface area contributed by atoms with Crippen molar-refractivity contribution >= 4 is 0 Å². The summed E-state index contributed by atoms with van der Waals surface area (Å²) in [4.78, 5) is 0. The zero-order valence-electron chi connectivity index (χ0n) is 9.58. The number of aliphatic hydroxyl groups is 1. The highest BCUT2D eigenvalue weighted by atomic mass is 16.3. The second kappa shape index (κ2) is 5.51. The minimum absolute atomic E-state index is 0.0815. The molecule has 0 amide bonds. The zero-order valence-corrected chi connectivity index (χ0v) is 9.58. The van der Waals surface area contributed by atoms with Gasteiger partial charge in [-0.25, -0.2) is 0 Å². The Morgan fingerprint density at radius 1 is 0.882 bits per heavy atom. The molecule has 0 unspecified atom stereocenters. The third-order valence-electron chi connectivity index (χ3n) is 2.91. The van der Waals surface area contributed by atoms with Gasteiger partial charge in [-0.1, -0.05) is 42.5 Å². The van der Waals surface area contributed by atoms with Gasteiger partial charge < -0.3 is 10.2 Å². The summed E-state index contributed by atoms with van der Waals surface area (Å²) < 4.78 is 0. The first-order valence-corrected chi connectivity index (χ1v) is 5.73. The molecule has 2 heteroatoms. The fraction of sp³-hybridized carbons (Fsp3) is 0.200. The molecule has 2 nitrogen and oxygen atoms in total. The lowest BCUT2D eigenvalue weighted by molar-refractivity contribution is 0.264. The Kier molecular flexibility index (Phi) is 3.78. The van der Waals surface area contributed by atoms with Crippen LogP contribution < -0.4 is 0 Å². The van der Waals surface area contributed by atoms with Gasteiger partial charge in [-0.05, 0) is 29.7 Å². The van der Waals surface area contributed by atoms with E-state index in [-0.39, 0.29) is 18.3 Å². The van der Waals surface area contributed by atoms with Gasteiger partial charge in [0, 0.05) is 5.92 Å². The maximum absolute atomic E-state index is 9.45.